The predicted molar refractivity (Wildman–Crippen MR) is 82.6 cm³/mol. The fourth-order valence-electron chi connectivity index (χ4n) is 1.91. The molecule has 0 fully saturated rings. The Balaban J connectivity index is 1.54. The third-order valence-electron chi connectivity index (χ3n) is 3.07. The second-order valence-corrected chi connectivity index (χ2v) is 5.00. The van der Waals surface area contributed by atoms with E-state index in [1.54, 1.807) is 30.5 Å². The Morgan fingerprint density at radius 3 is 2.58 bits per heavy atom. The molecule has 0 aliphatic heterocycles. The van der Waals surface area contributed by atoms with Crippen LogP contribution in [0.15, 0.2) is 47.4 Å². The number of aromatic nitrogens is 4. The predicted octanol–water partition coefficient (Wildman–Crippen LogP) is 2.87. The number of hydrogen-bond acceptors (Lipinski definition) is 6. The van der Waals surface area contributed by atoms with E-state index >= 15 is 0 Å². The molecule has 134 valence electrons. The molecule has 3 heterocycles. The number of alkyl halides is 3. The molecule has 0 saturated carbocycles. The number of amides is 2. The van der Waals surface area contributed by atoms with Gasteiger partial charge in [0.25, 0.3) is 0 Å². The van der Waals surface area contributed by atoms with Crippen LogP contribution in [0.25, 0.3) is 11.5 Å². The highest BCUT2D eigenvalue weighted by Gasteiger charge is 2.34. The molecular formula is C15H11F3N6O2. The number of urea groups is 1. The van der Waals surface area contributed by atoms with Crippen molar-refractivity contribution in [2.75, 3.05) is 5.32 Å². The van der Waals surface area contributed by atoms with E-state index in [1.165, 1.54) is 0 Å². The minimum atomic E-state index is -4.64. The third kappa shape index (κ3) is 4.32. The highest BCUT2D eigenvalue weighted by Crippen LogP contribution is 2.25. The second-order valence-electron chi connectivity index (χ2n) is 5.00. The summed E-state index contributed by atoms with van der Waals surface area (Å²) in [4.78, 5) is 22.2. The lowest BCUT2D eigenvalue weighted by Crippen LogP contribution is -2.28. The van der Waals surface area contributed by atoms with E-state index in [0.717, 1.165) is 12.4 Å². The van der Waals surface area contributed by atoms with Crippen LogP contribution in [0.3, 0.4) is 0 Å². The molecule has 26 heavy (non-hydrogen) atoms. The lowest BCUT2D eigenvalue weighted by atomic mass is 10.2. The number of nitrogens with zero attached hydrogens (tertiary/aromatic N) is 4. The summed E-state index contributed by atoms with van der Waals surface area (Å²) >= 11 is 0. The van der Waals surface area contributed by atoms with Crippen LogP contribution in [-0.4, -0.2) is 26.1 Å². The van der Waals surface area contributed by atoms with Crippen LogP contribution in [0.4, 0.5) is 23.7 Å². The Morgan fingerprint density at radius 2 is 1.92 bits per heavy atom. The average Bonchev–Trinajstić information content (AvgIpc) is 3.09. The van der Waals surface area contributed by atoms with Crippen molar-refractivity contribution in [1.29, 1.82) is 0 Å². The average molecular weight is 364 g/mol. The number of rotatable bonds is 4. The Labute approximate surface area is 144 Å². The molecule has 0 radical (unpaired) electrons. The van der Waals surface area contributed by atoms with Gasteiger partial charge < -0.3 is 15.2 Å². The van der Waals surface area contributed by atoms with E-state index in [1.807, 2.05) is 0 Å². The normalized spacial score (nSPS) is 11.2. The molecule has 3 rings (SSSR count). The highest BCUT2D eigenvalue weighted by atomic mass is 19.4. The lowest BCUT2D eigenvalue weighted by Gasteiger charge is -2.07. The minimum Gasteiger partial charge on any atom is -0.354 e. The van der Waals surface area contributed by atoms with Crippen molar-refractivity contribution in [3.63, 3.8) is 0 Å². The Bertz CT molecular complexity index is 880. The summed E-state index contributed by atoms with van der Waals surface area (Å²) in [5, 5.41) is 8.61. The van der Waals surface area contributed by atoms with Crippen molar-refractivity contribution in [1.82, 2.24) is 25.4 Å². The molecule has 8 nitrogen and oxygen atoms in total. The van der Waals surface area contributed by atoms with Gasteiger partial charge in [0.05, 0.1) is 24.6 Å². The van der Waals surface area contributed by atoms with Crippen LogP contribution in [0, 0.1) is 0 Å². The van der Waals surface area contributed by atoms with Gasteiger partial charge >= 0.3 is 12.2 Å². The van der Waals surface area contributed by atoms with Gasteiger partial charge in [-0.2, -0.15) is 13.2 Å². The smallest absolute Gasteiger partial charge is 0.354 e. The van der Waals surface area contributed by atoms with E-state index in [2.05, 4.69) is 30.7 Å². The largest absolute Gasteiger partial charge is 0.451 e. The van der Waals surface area contributed by atoms with E-state index in [4.69, 9.17) is 4.52 Å². The van der Waals surface area contributed by atoms with Gasteiger partial charge in [-0.05, 0) is 12.1 Å². The first-order chi connectivity index (χ1) is 12.4. The first-order valence-electron chi connectivity index (χ1n) is 7.23. The van der Waals surface area contributed by atoms with Crippen molar-refractivity contribution >= 4 is 11.7 Å². The second kappa shape index (κ2) is 7.17. The molecule has 0 unspecified atom stereocenters. The van der Waals surface area contributed by atoms with E-state index in [9.17, 15) is 18.0 Å². The summed E-state index contributed by atoms with van der Waals surface area (Å²) in [5.74, 6) is -0.841. The summed E-state index contributed by atoms with van der Waals surface area (Å²) in [6.07, 6.45) is -1.30. The van der Waals surface area contributed by atoms with Crippen LogP contribution in [0.2, 0.25) is 0 Å². The molecule has 0 atom stereocenters. The Hall–Kier alpha value is -3.50. The van der Waals surface area contributed by atoms with Gasteiger partial charge in [-0.25, -0.2) is 14.8 Å². The molecule has 11 heteroatoms. The van der Waals surface area contributed by atoms with Crippen molar-refractivity contribution in [3.8, 4) is 11.5 Å². The number of pyridine rings is 1. The first-order valence-corrected chi connectivity index (χ1v) is 7.23. The fourth-order valence-corrected chi connectivity index (χ4v) is 1.91. The SMILES string of the molecule is O=C(NCc1cc(-c2ccccn2)on1)Nc1cnc(C(F)(F)F)nc1. The first kappa shape index (κ1) is 17.3. The molecule has 0 aliphatic rings. The van der Waals surface area contributed by atoms with E-state index in [-0.39, 0.29) is 12.2 Å². The summed E-state index contributed by atoms with van der Waals surface area (Å²) in [5.41, 5.74) is 1.06. The monoisotopic (exact) mass is 364 g/mol. The van der Waals surface area contributed by atoms with Gasteiger partial charge in [0.2, 0.25) is 5.82 Å². The Kier molecular flexibility index (Phi) is 4.78. The number of carbonyl (C=O) groups is 1. The van der Waals surface area contributed by atoms with Gasteiger partial charge in [0.1, 0.15) is 11.4 Å². The summed E-state index contributed by atoms with van der Waals surface area (Å²) in [7, 11) is 0. The third-order valence-corrected chi connectivity index (χ3v) is 3.07. The van der Waals surface area contributed by atoms with Crippen LogP contribution >= 0.6 is 0 Å². The standard InChI is InChI=1S/C15H11F3N6O2/c16-15(17,18)13-20-7-10(8-21-13)23-14(25)22-6-9-5-12(26-24-9)11-3-1-2-4-19-11/h1-5,7-8H,6H2,(H2,22,23,25). The van der Waals surface area contributed by atoms with Gasteiger partial charge in [-0.1, -0.05) is 11.2 Å². The van der Waals surface area contributed by atoms with Crippen molar-refractivity contribution in [3.05, 3.63) is 54.4 Å². The van der Waals surface area contributed by atoms with Crippen LogP contribution in [-0.2, 0) is 12.7 Å². The molecule has 0 bridgehead atoms. The molecule has 2 amide bonds. The maximum Gasteiger partial charge on any atom is 0.451 e. The molecule has 2 N–H and O–H groups in total. The quantitative estimate of drug-likeness (QED) is 0.737. The molecule has 3 aromatic rings. The topological polar surface area (TPSA) is 106 Å². The van der Waals surface area contributed by atoms with Crippen molar-refractivity contribution < 1.29 is 22.5 Å². The molecule has 3 aromatic heterocycles. The van der Waals surface area contributed by atoms with Gasteiger partial charge in [-0.3, -0.25) is 4.98 Å². The van der Waals surface area contributed by atoms with E-state index in [0.29, 0.717) is 17.1 Å². The zero-order valence-corrected chi connectivity index (χ0v) is 13.0. The number of hydrogen-bond donors (Lipinski definition) is 2. The highest BCUT2D eigenvalue weighted by molar-refractivity contribution is 5.88. The molecule has 0 aliphatic carbocycles. The van der Waals surface area contributed by atoms with Crippen molar-refractivity contribution in [2.24, 2.45) is 0 Å². The molecule has 0 spiro atoms. The fraction of sp³-hybridized carbons (Fsp3) is 0.133. The van der Waals surface area contributed by atoms with Crippen LogP contribution in [0.1, 0.15) is 11.5 Å². The maximum absolute atomic E-state index is 12.4. The summed E-state index contributed by atoms with van der Waals surface area (Å²) in [6, 6.07) is 6.26. The summed E-state index contributed by atoms with van der Waals surface area (Å²) < 4.78 is 42.2. The molecular weight excluding hydrogens is 353 g/mol. The van der Waals surface area contributed by atoms with Gasteiger partial charge in [0.15, 0.2) is 5.76 Å². The number of nitrogens with one attached hydrogen (secondary N) is 2. The number of carbonyl (C=O) groups excluding carboxylic acids is 1. The number of anilines is 1. The molecule has 0 saturated heterocycles. The van der Waals surface area contributed by atoms with E-state index < -0.39 is 18.0 Å². The maximum atomic E-state index is 12.4. The van der Waals surface area contributed by atoms with Crippen LogP contribution in [0.5, 0.6) is 0 Å². The number of halogens is 3. The molecule has 0 aromatic carbocycles. The van der Waals surface area contributed by atoms with Gasteiger partial charge in [0, 0.05) is 12.3 Å². The minimum absolute atomic E-state index is 0.0184. The van der Waals surface area contributed by atoms with Gasteiger partial charge in [-0.15, -0.1) is 0 Å². The zero-order chi connectivity index (χ0) is 18.6. The lowest BCUT2D eigenvalue weighted by molar-refractivity contribution is -0.144. The Morgan fingerprint density at radius 1 is 1.15 bits per heavy atom. The zero-order valence-electron chi connectivity index (χ0n) is 13.0. The van der Waals surface area contributed by atoms with Crippen LogP contribution < -0.4 is 10.6 Å². The van der Waals surface area contributed by atoms with Crippen molar-refractivity contribution in [2.45, 2.75) is 12.7 Å². The summed E-state index contributed by atoms with van der Waals surface area (Å²) in [6.45, 7) is 0.0453.